The predicted molar refractivity (Wildman–Crippen MR) is 247 cm³/mol. The van der Waals surface area contributed by atoms with E-state index in [1.807, 2.05) is 23.5 Å². The lowest BCUT2D eigenvalue weighted by Crippen LogP contribution is -2.09. The van der Waals surface area contributed by atoms with Crippen LogP contribution < -0.4 is 4.90 Å². The number of rotatable bonds is 6. The molecule has 0 saturated carbocycles. The summed E-state index contributed by atoms with van der Waals surface area (Å²) in [5, 5.41) is 7.38. The Kier molecular flexibility index (Phi) is 7.40. The SMILES string of the molecule is c1ccc(-n2c3ccccc3c3ccc(-c4ccc(N(c5ccc(-c6cccc7c6oc6ccccc67)cc5)c5ccc6c(c5)sc5ccccc56)cc4)cc32)cc1. The molecule has 0 aliphatic carbocycles. The van der Waals surface area contributed by atoms with Gasteiger partial charge in [0.25, 0.3) is 0 Å². The van der Waals surface area contributed by atoms with Gasteiger partial charge in [-0.1, -0.05) is 133 Å². The standard InChI is InChI=1S/C54H34N2OS/c1-2-11-38(12-3-1)56-49-18-7-4-13-43(49)44-31-25-37(33-50(44)56)35-21-26-39(27-22-35)55(41-30-32-47-46-15-6-9-20-52(46)58-53(47)34-41)40-28-23-36(24-29-40)42-16-10-17-48-45-14-5-8-19-51(45)57-54(42)48/h1-34H. The van der Waals surface area contributed by atoms with Crippen molar-refractivity contribution in [3.05, 3.63) is 206 Å². The number of fused-ring (bicyclic) bond motifs is 9. The molecule has 4 heteroatoms. The van der Waals surface area contributed by atoms with Crippen molar-refractivity contribution in [1.29, 1.82) is 0 Å². The topological polar surface area (TPSA) is 21.3 Å². The molecule has 12 rings (SSSR count). The summed E-state index contributed by atoms with van der Waals surface area (Å²) in [5.41, 5.74) is 13.3. The van der Waals surface area contributed by atoms with Crippen molar-refractivity contribution >= 4 is 92.3 Å². The van der Waals surface area contributed by atoms with Gasteiger partial charge < -0.3 is 13.9 Å². The number of para-hydroxylation sites is 4. The van der Waals surface area contributed by atoms with Crippen LogP contribution in [-0.2, 0) is 0 Å². The first kappa shape index (κ1) is 32.8. The van der Waals surface area contributed by atoms with Gasteiger partial charge in [-0.05, 0) is 89.5 Å². The molecule has 9 aromatic carbocycles. The van der Waals surface area contributed by atoms with Crippen LogP contribution in [-0.4, -0.2) is 4.57 Å². The Morgan fingerprint density at radius 3 is 1.81 bits per heavy atom. The maximum atomic E-state index is 6.43. The number of aromatic nitrogens is 1. The lowest BCUT2D eigenvalue weighted by molar-refractivity contribution is 0.670. The Morgan fingerprint density at radius 1 is 0.379 bits per heavy atom. The summed E-state index contributed by atoms with van der Waals surface area (Å²) in [6, 6.07) is 74.4. The maximum absolute atomic E-state index is 6.43. The average Bonchev–Trinajstić information content (AvgIpc) is 3.96. The second-order valence-electron chi connectivity index (χ2n) is 14.9. The summed E-state index contributed by atoms with van der Waals surface area (Å²) >= 11 is 1.85. The van der Waals surface area contributed by atoms with Crippen molar-refractivity contribution in [2.75, 3.05) is 4.90 Å². The van der Waals surface area contributed by atoms with Crippen LogP contribution >= 0.6 is 11.3 Å². The molecule has 3 nitrogen and oxygen atoms in total. The summed E-state index contributed by atoms with van der Waals surface area (Å²) in [7, 11) is 0. The number of furan rings is 1. The summed E-state index contributed by atoms with van der Waals surface area (Å²) in [4.78, 5) is 2.37. The monoisotopic (exact) mass is 758 g/mol. The second-order valence-corrected chi connectivity index (χ2v) is 16.0. The molecule has 0 saturated heterocycles. The van der Waals surface area contributed by atoms with Crippen molar-refractivity contribution in [3.8, 4) is 27.9 Å². The summed E-state index contributed by atoms with van der Waals surface area (Å²) < 4.78 is 11.4. The highest BCUT2D eigenvalue weighted by atomic mass is 32.1. The van der Waals surface area contributed by atoms with Crippen molar-refractivity contribution < 1.29 is 4.42 Å². The maximum Gasteiger partial charge on any atom is 0.143 e. The van der Waals surface area contributed by atoms with Crippen LogP contribution in [0, 0.1) is 0 Å². The van der Waals surface area contributed by atoms with Crippen LogP contribution in [0.25, 0.3) is 91.9 Å². The van der Waals surface area contributed by atoms with E-state index in [0.29, 0.717) is 0 Å². The lowest BCUT2D eigenvalue weighted by atomic mass is 10.0. The number of anilines is 3. The molecule has 58 heavy (non-hydrogen) atoms. The molecule has 3 aromatic heterocycles. The first-order valence-electron chi connectivity index (χ1n) is 19.7. The summed E-state index contributed by atoms with van der Waals surface area (Å²) in [6.45, 7) is 0. The van der Waals surface area contributed by atoms with Gasteiger partial charge in [0.2, 0.25) is 0 Å². The summed E-state index contributed by atoms with van der Waals surface area (Å²) in [6.07, 6.45) is 0. The molecule has 0 bridgehead atoms. The Morgan fingerprint density at radius 2 is 0.983 bits per heavy atom. The van der Waals surface area contributed by atoms with Gasteiger partial charge in [0.05, 0.1) is 11.0 Å². The Labute approximate surface area is 338 Å². The van der Waals surface area contributed by atoms with Crippen LogP contribution in [0.2, 0.25) is 0 Å². The molecule has 272 valence electrons. The molecule has 0 N–H and O–H groups in total. The van der Waals surface area contributed by atoms with E-state index in [2.05, 4.69) is 204 Å². The zero-order valence-electron chi connectivity index (χ0n) is 31.3. The van der Waals surface area contributed by atoms with Crippen LogP contribution in [0.1, 0.15) is 0 Å². The van der Waals surface area contributed by atoms with Crippen molar-refractivity contribution in [2.45, 2.75) is 0 Å². The minimum atomic E-state index is 0.909. The van der Waals surface area contributed by atoms with Gasteiger partial charge in [0.1, 0.15) is 11.2 Å². The molecule has 0 radical (unpaired) electrons. The first-order valence-corrected chi connectivity index (χ1v) is 20.5. The highest BCUT2D eigenvalue weighted by Gasteiger charge is 2.18. The van der Waals surface area contributed by atoms with Crippen molar-refractivity contribution in [1.82, 2.24) is 4.57 Å². The van der Waals surface area contributed by atoms with Gasteiger partial charge in [-0.3, -0.25) is 0 Å². The Hall–Kier alpha value is -7.40. The molecule has 0 fully saturated rings. The van der Waals surface area contributed by atoms with E-state index in [0.717, 1.165) is 55.8 Å². The van der Waals surface area contributed by atoms with Gasteiger partial charge in [-0.2, -0.15) is 0 Å². The number of nitrogens with zero attached hydrogens (tertiary/aromatic N) is 2. The quantitative estimate of drug-likeness (QED) is 0.168. The number of hydrogen-bond donors (Lipinski definition) is 0. The molecule has 0 amide bonds. The highest BCUT2D eigenvalue weighted by molar-refractivity contribution is 7.25. The number of hydrogen-bond acceptors (Lipinski definition) is 3. The third kappa shape index (κ3) is 5.19. The molecular formula is C54H34N2OS. The zero-order chi connectivity index (χ0) is 38.2. The van der Waals surface area contributed by atoms with E-state index in [-0.39, 0.29) is 0 Å². The fourth-order valence-electron chi connectivity index (χ4n) is 8.87. The average molecular weight is 759 g/mol. The number of thiophene rings is 1. The van der Waals surface area contributed by atoms with E-state index in [1.54, 1.807) is 0 Å². The minimum absolute atomic E-state index is 0.909. The van der Waals surface area contributed by atoms with Gasteiger partial charge in [0.15, 0.2) is 0 Å². The van der Waals surface area contributed by atoms with Crippen LogP contribution in [0.15, 0.2) is 211 Å². The summed E-state index contributed by atoms with van der Waals surface area (Å²) in [5.74, 6) is 0. The fourth-order valence-corrected chi connectivity index (χ4v) is 10.0. The Balaban J connectivity index is 0.968. The predicted octanol–water partition coefficient (Wildman–Crippen LogP) is 15.9. The number of benzene rings is 9. The van der Waals surface area contributed by atoms with E-state index in [1.165, 1.54) is 53.1 Å². The first-order chi connectivity index (χ1) is 28.7. The zero-order valence-corrected chi connectivity index (χ0v) is 32.2. The van der Waals surface area contributed by atoms with Gasteiger partial charge >= 0.3 is 0 Å². The third-order valence-electron chi connectivity index (χ3n) is 11.6. The largest absolute Gasteiger partial charge is 0.455 e. The molecule has 0 aliphatic heterocycles. The highest BCUT2D eigenvalue weighted by Crippen LogP contribution is 2.43. The smallest absolute Gasteiger partial charge is 0.143 e. The lowest BCUT2D eigenvalue weighted by Gasteiger charge is -2.26. The fraction of sp³-hybridized carbons (Fsp3) is 0. The van der Waals surface area contributed by atoms with Crippen LogP contribution in [0.3, 0.4) is 0 Å². The third-order valence-corrected chi connectivity index (χ3v) is 12.7. The molecule has 0 spiro atoms. The molecular weight excluding hydrogens is 725 g/mol. The van der Waals surface area contributed by atoms with Gasteiger partial charge in [0, 0.05) is 70.0 Å². The molecule has 0 aliphatic rings. The van der Waals surface area contributed by atoms with E-state index >= 15 is 0 Å². The van der Waals surface area contributed by atoms with Gasteiger partial charge in [-0.25, -0.2) is 0 Å². The minimum Gasteiger partial charge on any atom is -0.455 e. The van der Waals surface area contributed by atoms with E-state index in [9.17, 15) is 0 Å². The van der Waals surface area contributed by atoms with E-state index < -0.39 is 0 Å². The Bertz CT molecular complexity index is 3500. The molecule has 12 aromatic rings. The van der Waals surface area contributed by atoms with E-state index in [4.69, 9.17) is 4.42 Å². The molecule has 3 heterocycles. The van der Waals surface area contributed by atoms with Crippen molar-refractivity contribution in [2.24, 2.45) is 0 Å². The van der Waals surface area contributed by atoms with Crippen molar-refractivity contribution in [3.63, 3.8) is 0 Å². The molecule has 0 unspecified atom stereocenters. The van der Waals surface area contributed by atoms with Crippen LogP contribution in [0.5, 0.6) is 0 Å². The second kappa shape index (κ2) is 13.1. The van der Waals surface area contributed by atoms with Gasteiger partial charge in [-0.15, -0.1) is 11.3 Å². The normalized spacial score (nSPS) is 11.8. The molecule has 0 atom stereocenters. The van der Waals surface area contributed by atoms with Crippen LogP contribution in [0.4, 0.5) is 17.1 Å².